The van der Waals surface area contributed by atoms with Crippen LogP contribution in [0.15, 0.2) is 53.1 Å². The molecule has 0 atom stereocenters. The van der Waals surface area contributed by atoms with Crippen LogP contribution in [0, 0.1) is 11.6 Å². The summed E-state index contributed by atoms with van der Waals surface area (Å²) in [7, 11) is 1.90. The van der Waals surface area contributed by atoms with Gasteiger partial charge in [-0.1, -0.05) is 18.2 Å². The highest BCUT2D eigenvalue weighted by atomic mass is 19.1. The van der Waals surface area contributed by atoms with Crippen molar-refractivity contribution < 1.29 is 18.0 Å². The molecule has 4 aromatic rings. The summed E-state index contributed by atoms with van der Waals surface area (Å²) in [5.74, 6) is -0.682. The van der Waals surface area contributed by atoms with E-state index in [4.69, 9.17) is 4.42 Å². The fourth-order valence-electron chi connectivity index (χ4n) is 3.11. The van der Waals surface area contributed by atoms with Crippen LogP contribution in [0.3, 0.4) is 0 Å². The van der Waals surface area contributed by atoms with Gasteiger partial charge in [-0.2, -0.15) is 0 Å². The molecule has 29 heavy (non-hydrogen) atoms. The van der Waals surface area contributed by atoms with Crippen molar-refractivity contribution in [1.29, 1.82) is 0 Å². The number of hydrogen-bond donors (Lipinski definition) is 1. The molecule has 0 aliphatic carbocycles. The number of nitrogens with one attached hydrogen (secondary N) is 1. The van der Waals surface area contributed by atoms with Crippen LogP contribution >= 0.6 is 0 Å². The van der Waals surface area contributed by atoms with E-state index in [0.717, 1.165) is 29.0 Å². The quantitative estimate of drug-likeness (QED) is 0.539. The molecule has 1 N–H and O–H groups in total. The zero-order valence-electron chi connectivity index (χ0n) is 15.7. The van der Waals surface area contributed by atoms with Crippen LogP contribution in [-0.2, 0) is 24.8 Å². The van der Waals surface area contributed by atoms with Crippen molar-refractivity contribution in [2.75, 3.05) is 0 Å². The number of aryl methyl sites for hydroxylation is 2. The molecule has 1 amide bonds. The van der Waals surface area contributed by atoms with Crippen molar-refractivity contribution in [1.82, 2.24) is 19.9 Å². The highest BCUT2D eigenvalue weighted by molar-refractivity contribution is 5.77. The first-order chi connectivity index (χ1) is 14.0. The van der Waals surface area contributed by atoms with Gasteiger partial charge in [-0.05, 0) is 24.3 Å². The molecule has 6 nitrogen and oxygen atoms in total. The third-order valence-electron chi connectivity index (χ3n) is 4.65. The number of carbonyl (C=O) groups is 1. The molecule has 2 aromatic carbocycles. The average molecular weight is 396 g/mol. The lowest BCUT2D eigenvalue weighted by Crippen LogP contribution is -2.24. The summed E-state index contributed by atoms with van der Waals surface area (Å²) in [5.41, 5.74) is 1.59. The molecule has 2 heterocycles. The Kier molecular flexibility index (Phi) is 5.07. The van der Waals surface area contributed by atoms with E-state index in [-0.39, 0.29) is 36.0 Å². The van der Waals surface area contributed by atoms with Crippen LogP contribution in [0.2, 0.25) is 0 Å². The van der Waals surface area contributed by atoms with Crippen LogP contribution in [-0.4, -0.2) is 20.4 Å². The highest BCUT2D eigenvalue weighted by Gasteiger charge is 2.16. The molecule has 4 rings (SSSR count). The molecular weight excluding hydrogens is 378 g/mol. The third-order valence-corrected chi connectivity index (χ3v) is 4.65. The minimum Gasteiger partial charge on any atom is -0.441 e. The fourth-order valence-corrected chi connectivity index (χ4v) is 3.11. The van der Waals surface area contributed by atoms with E-state index < -0.39 is 11.6 Å². The standard InChI is InChI=1S/C21H18F2N4O2/c1-27-16-8-3-2-7-15(16)26-18(27)12-24-19(28)9-10-20-25-11-17(29-20)21-13(22)5-4-6-14(21)23/h2-8,11H,9-10,12H2,1H3,(H,24,28). The predicted octanol–water partition coefficient (Wildman–Crippen LogP) is 3.76. The van der Waals surface area contributed by atoms with E-state index in [1.165, 1.54) is 12.3 Å². The maximum atomic E-state index is 13.8. The van der Waals surface area contributed by atoms with Gasteiger partial charge < -0.3 is 14.3 Å². The summed E-state index contributed by atoms with van der Waals surface area (Å²) in [6.07, 6.45) is 1.60. The number of aromatic nitrogens is 3. The summed E-state index contributed by atoms with van der Waals surface area (Å²) in [4.78, 5) is 20.7. The number of halogens is 2. The number of oxazole rings is 1. The second-order valence-corrected chi connectivity index (χ2v) is 6.57. The largest absolute Gasteiger partial charge is 0.441 e. The van der Waals surface area contributed by atoms with E-state index in [1.54, 1.807) is 0 Å². The van der Waals surface area contributed by atoms with Gasteiger partial charge in [0.25, 0.3) is 0 Å². The first kappa shape index (κ1) is 18.8. The maximum absolute atomic E-state index is 13.8. The van der Waals surface area contributed by atoms with E-state index in [1.807, 2.05) is 35.9 Å². The average Bonchev–Trinajstić information content (AvgIpc) is 3.30. The van der Waals surface area contributed by atoms with Gasteiger partial charge in [-0.3, -0.25) is 4.79 Å². The summed E-state index contributed by atoms with van der Waals surface area (Å²) in [6, 6.07) is 11.3. The van der Waals surface area contributed by atoms with Crippen molar-refractivity contribution in [3.8, 4) is 11.3 Å². The molecule has 0 bridgehead atoms. The molecule has 2 aromatic heterocycles. The number of fused-ring (bicyclic) bond motifs is 1. The van der Waals surface area contributed by atoms with Gasteiger partial charge in [0.1, 0.15) is 17.5 Å². The molecule has 0 spiro atoms. The number of hydrogen-bond acceptors (Lipinski definition) is 4. The number of imidazole rings is 1. The lowest BCUT2D eigenvalue weighted by atomic mass is 10.1. The number of nitrogens with zero attached hydrogens (tertiary/aromatic N) is 3. The van der Waals surface area contributed by atoms with Crippen molar-refractivity contribution in [3.05, 3.63) is 72.0 Å². The summed E-state index contributed by atoms with van der Waals surface area (Å²) in [5, 5.41) is 2.82. The minimum atomic E-state index is -0.729. The summed E-state index contributed by atoms with van der Waals surface area (Å²) < 4.78 is 35.0. The zero-order chi connectivity index (χ0) is 20.4. The molecule has 0 saturated carbocycles. The Morgan fingerprint density at radius 3 is 2.66 bits per heavy atom. The Morgan fingerprint density at radius 2 is 1.90 bits per heavy atom. The van der Waals surface area contributed by atoms with Gasteiger partial charge in [0, 0.05) is 19.9 Å². The first-order valence-corrected chi connectivity index (χ1v) is 9.09. The molecule has 8 heteroatoms. The SMILES string of the molecule is Cn1c(CNC(=O)CCc2ncc(-c3c(F)cccc3F)o2)nc2ccccc21. The maximum Gasteiger partial charge on any atom is 0.220 e. The zero-order valence-corrected chi connectivity index (χ0v) is 15.7. The first-order valence-electron chi connectivity index (χ1n) is 9.09. The van der Waals surface area contributed by atoms with E-state index in [9.17, 15) is 13.6 Å². The topological polar surface area (TPSA) is 73.0 Å². The van der Waals surface area contributed by atoms with Crippen molar-refractivity contribution in [3.63, 3.8) is 0 Å². The van der Waals surface area contributed by atoms with E-state index in [2.05, 4.69) is 15.3 Å². The minimum absolute atomic E-state index is 0.00397. The van der Waals surface area contributed by atoms with Crippen LogP contribution < -0.4 is 5.32 Å². The van der Waals surface area contributed by atoms with Crippen LogP contribution in [0.5, 0.6) is 0 Å². The van der Waals surface area contributed by atoms with Gasteiger partial charge in [0.05, 0.1) is 29.3 Å². The molecule has 0 unspecified atom stereocenters. The molecular formula is C21H18F2N4O2. The van der Waals surface area contributed by atoms with Gasteiger partial charge in [0.2, 0.25) is 5.91 Å². The van der Waals surface area contributed by atoms with Gasteiger partial charge in [0.15, 0.2) is 11.7 Å². The molecule has 148 valence electrons. The molecule has 0 aliphatic rings. The predicted molar refractivity (Wildman–Crippen MR) is 103 cm³/mol. The van der Waals surface area contributed by atoms with Crippen LogP contribution in [0.4, 0.5) is 8.78 Å². The van der Waals surface area contributed by atoms with Crippen molar-refractivity contribution >= 4 is 16.9 Å². The lowest BCUT2D eigenvalue weighted by Gasteiger charge is -2.05. The summed E-state index contributed by atoms with van der Waals surface area (Å²) in [6.45, 7) is 0.293. The normalized spacial score (nSPS) is 11.1. The molecule has 0 aliphatic heterocycles. The number of benzene rings is 2. The number of para-hydroxylation sites is 2. The summed E-state index contributed by atoms with van der Waals surface area (Å²) >= 11 is 0. The smallest absolute Gasteiger partial charge is 0.220 e. The van der Waals surface area contributed by atoms with Crippen LogP contribution in [0.1, 0.15) is 18.1 Å². The van der Waals surface area contributed by atoms with Gasteiger partial charge in [-0.15, -0.1) is 0 Å². The fraction of sp³-hybridized carbons (Fsp3) is 0.190. The van der Waals surface area contributed by atoms with Gasteiger partial charge in [-0.25, -0.2) is 18.7 Å². The van der Waals surface area contributed by atoms with Crippen molar-refractivity contribution in [2.45, 2.75) is 19.4 Å². The van der Waals surface area contributed by atoms with Crippen molar-refractivity contribution in [2.24, 2.45) is 7.05 Å². The van der Waals surface area contributed by atoms with E-state index in [0.29, 0.717) is 6.54 Å². The number of rotatable bonds is 6. The Hall–Kier alpha value is -3.55. The highest BCUT2D eigenvalue weighted by Crippen LogP contribution is 2.26. The molecule has 0 fully saturated rings. The monoisotopic (exact) mass is 396 g/mol. The molecule has 0 radical (unpaired) electrons. The number of carbonyl (C=O) groups excluding carboxylic acids is 1. The Labute approximate surface area is 165 Å². The second kappa shape index (κ2) is 7.83. The Morgan fingerprint density at radius 1 is 1.14 bits per heavy atom. The third kappa shape index (κ3) is 3.87. The lowest BCUT2D eigenvalue weighted by molar-refractivity contribution is -0.121. The van der Waals surface area contributed by atoms with Gasteiger partial charge >= 0.3 is 0 Å². The molecule has 0 saturated heterocycles. The van der Waals surface area contributed by atoms with Crippen LogP contribution in [0.25, 0.3) is 22.4 Å². The second-order valence-electron chi connectivity index (χ2n) is 6.57. The Balaban J connectivity index is 1.35. The Bertz CT molecular complexity index is 1160. The van der Waals surface area contributed by atoms with E-state index >= 15 is 0 Å². The number of amides is 1.